The molecule has 1 saturated heterocycles. The summed E-state index contributed by atoms with van der Waals surface area (Å²) in [4.78, 5) is 14.1. The molecule has 102 valence electrons. The summed E-state index contributed by atoms with van der Waals surface area (Å²) >= 11 is 0. The molecule has 0 aromatic carbocycles. The fourth-order valence-corrected chi connectivity index (χ4v) is 2.36. The number of hydrogen-bond donors (Lipinski definition) is 0. The van der Waals surface area contributed by atoms with Crippen LogP contribution in [0.3, 0.4) is 0 Å². The summed E-state index contributed by atoms with van der Waals surface area (Å²) in [5, 5.41) is 9.37. The molecule has 5 nitrogen and oxygen atoms in total. The lowest BCUT2D eigenvalue weighted by atomic mass is 9.80. The summed E-state index contributed by atoms with van der Waals surface area (Å²) in [6, 6.07) is 4.05. The van der Waals surface area contributed by atoms with Crippen molar-refractivity contribution >= 4 is 5.91 Å². The quantitative estimate of drug-likeness (QED) is 0.834. The second-order valence-corrected chi connectivity index (χ2v) is 4.97. The average molecular weight is 262 g/mol. The molecule has 5 heteroatoms. The van der Waals surface area contributed by atoms with Crippen molar-refractivity contribution in [2.45, 2.75) is 26.3 Å². The zero-order valence-corrected chi connectivity index (χ0v) is 11.3. The number of ether oxygens (including phenoxy) is 1. The number of furan rings is 1. The third-order valence-corrected chi connectivity index (χ3v) is 3.69. The molecule has 0 unspecified atom stereocenters. The van der Waals surface area contributed by atoms with E-state index in [0.29, 0.717) is 32.6 Å². The number of hydrogen-bond acceptors (Lipinski definition) is 4. The van der Waals surface area contributed by atoms with Gasteiger partial charge >= 0.3 is 0 Å². The number of amides is 1. The number of nitrogens with zero attached hydrogens (tertiary/aromatic N) is 2. The first kappa shape index (κ1) is 13.6. The van der Waals surface area contributed by atoms with Gasteiger partial charge in [0.2, 0.25) is 5.91 Å². The monoisotopic (exact) mass is 262 g/mol. The molecule has 1 aromatic rings. The van der Waals surface area contributed by atoms with Crippen molar-refractivity contribution in [2.24, 2.45) is 5.41 Å². The maximum Gasteiger partial charge on any atom is 0.243 e. The topological polar surface area (TPSA) is 66.5 Å². The predicted octanol–water partition coefficient (Wildman–Crippen LogP) is 1.87. The lowest BCUT2D eigenvalue weighted by molar-refractivity contribution is -0.142. The van der Waals surface area contributed by atoms with Crippen LogP contribution in [0.5, 0.6) is 0 Å². The molecule has 0 saturated carbocycles. The summed E-state index contributed by atoms with van der Waals surface area (Å²) in [5.41, 5.74) is 0.0426. The van der Waals surface area contributed by atoms with Gasteiger partial charge < -0.3 is 14.1 Å². The Labute approximate surface area is 112 Å². The number of carbonyl (C=O) groups excluding carboxylic acids is 1. The number of nitriles is 1. The highest BCUT2D eigenvalue weighted by molar-refractivity contribution is 5.85. The highest BCUT2D eigenvalue weighted by Crippen LogP contribution is 2.32. The van der Waals surface area contributed by atoms with Crippen LogP contribution in [-0.2, 0) is 16.1 Å². The van der Waals surface area contributed by atoms with Gasteiger partial charge in [-0.1, -0.05) is 0 Å². The van der Waals surface area contributed by atoms with Crippen LogP contribution in [0.15, 0.2) is 16.7 Å². The van der Waals surface area contributed by atoms with Crippen LogP contribution >= 0.6 is 0 Å². The van der Waals surface area contributed by atoms with Gasteiger partial charge in [0, 0.05) is 32.4 Å². The summed E-state index contributed by atoms with van der Waals surface area (Å²) in [6.07, 6.45) is 2.55. The largest absolute Gasteiger partial charge is 0.469 e. The van der Waals surface area contributed by atoms with Gasteiger partial charge in [0.1, 0.15) is 11.2 Å². The minimum atomic E-state index is -0.926. The van der Waals surface area contributed by atoms with Crippen molar-refractivity contribution in [3.05, 3.63) is 23.7 Å². The SMILES string of the molecule is Cc1occc1CN(C)C(=O)C1(C#N)CCOCC1. The van der Waals surface area contributed by atoms with Gasteiger partial charge in [-0.3, -0.25) is 4.79 Å². The van der Waals surface area contributed by atoms with Gasteiger partial charge in [-0.15, -0.1) is 0 Å². The van der Waals surface area contributed by atoms with Crippen molar-refractivity contribution in [3.8, 4) is 6.07 Å². The molecule has 19 heavy (non-hydrogen) atoms. The van der Waals surface area contributed by atoms with Crippen molar-refractivity contribution in [2.75, 3.05) is 20.3 Å². The summed E-state index contributed by atoms with van der Waals surface area (Å²) < 4.78 is 10.5. The predicted molar refractivity (Wildman–Crippen MR) is 68.0 cm³/mol. The molecule has 0 atom stereocenters. The molecule has 1 aromatic heterocycles. The highest BCUT2D eigenvalue weighted by Gasteiger charge is 2.42. The number of rotatable bonds is 3. The van der Waals surface area contributed by atoms with E-state index >= 15 is 0 Å². The van der Waals surface area contributed by atoms with Gasteiger partial charge in [0.15, 0.2) is 0 Å². The minimum absolute atomic E-state index is 0.126. The Balaban J connectivity index is 2.10. The fraction of sp³-hybridized carbons (Fsp3) is 0.571. The van der Waals surface area contributed by atoms with Crippen LogP contribution in [0, 0.1) is 23.7 Å². The van der Waals surface area contributed by atoms with Crippen LogP contribution in [0.4, 0.5) is 0 Å². The molecule has 2 heterocycles. The maximum absolute atomic E-state index is 12.5. The van der Waals surface area contributed by atoms with Gasteiger partial charge in [-0.25, -0.2) is 0 Å². The van der Waals surface area contributed by atoms with E-state index in [1.807, 2.05) is 13.0 Å². The molecule has 0 radical (unpaired) electrons. The van der Waals surface area contributed by atoms with Crippen LogP contribution in [0.1, 0.15) is 24.2 Å². The molecule has 1 aliphatic rings. The maximum atomic E-state index is 12.5. The molecule has 2 rings (SSSR count). The van der Waals surface area contributed by atoms with Crippen LogP contribution in [0.2, 0.25) is 0 Å². The molecular formula is C14H18N2O3. The smallest absolute Gasteiger partial charge is 0.243 e. The Morgan fingerprint density at radius 1 is 1.53 bits per heavy atom. The van der Waals surface area contributed by atoms with Gasteiger partial charge in [0.05, 0.1) is 12.3 Å². The zero-order valence-electron chi connectivity index (χ0n) is 11.3. The van der Waals surface area contributed by atoms with E-state index in [2.05, 4.69) is 6.07 Å². The molecule has 0 N–H and O–H groups in total. The molecule has 1 fully saturated rings. The van der Waals surface area contributed by atoms with E-state index in [0.717, 1.165) is 11.3 Å². The van der Waals surface area contributed by atoms with Crippen molar-refractivity contribution in [1.82, 2.24) is 4.90 Å². The van der Waals surface area contributed by atoms with E-state index in [1.165, 1.54) is 0 Å². The first-order valence-corrected chi connectivity index (χ1v) is 6.36. The molecule has 1 amide bonds. The van der Waals surface area contributed by atoms with Crippen molar-refractivity contribution in [3.63, 3.8) is 0 Å². The second-order valence-electron chi connectivity index (χ2n) is 4.97. The van der Waals surface area contributed by atoms with Gasteiger partial charge in [-0.05, 0) is 25.8 Å². The first-order chi connectivity index (χ1) is 9.09. The normalized spacial score (nSPS) is 17.7. The molecule has 0 spiro atoms. The van der Waals surface area contributed by atoms with E-state index in [1.54, 1.807) is 18.2 Å². The molecule has 1 aliphatic heterocycles. The average Bonchev–Trinajstić information content (AvgIpc) is 2.84. The minimum Gasteiger partial charge on any atom is -0.469 e. The Morgan fingerprint density at radius 2 is 2.21 bits per heavy atom. The molecule has 0 bridgehead atoms. The van der Waals surface area contributed by atoms with Gasteiger partial charge in [0.25, 0.3) is 0 Å². The Kier molecular flexibility index (Phi) is 3.91. The van der Waals surface area contributed by atoms with Crippen LogP contribution in [-0.4, -0.2) is 31.1 Å². The lowest BCUT2D eigenvalue weighted by Crippen LogP contribution is -2.44. The van der Waals surface area contributed by atoms with Crippen molar-refractivity contribution < 1.29 is 13.9 Å². The summed E-state index contributed by atoms with van der Waals surface area (Å²) in [5.74, 6) is 0.677. The Hall–Kier alpha value is -1.80. The molecular weight excluding hydrogens is 244 g/mol. The van der Waals surface area contributed by atoms with E-state index in [-0.39, 0.29) is 5.91 Å². The molecule has 0 aliphatic carbocycles. The highest BCUT2D eigenvalue weighted by atomic mass is 16.5. The third kappa shape index (κ3) is 2.64. The van der Waals surface area contributed by atoms with E-state index in [9.17, 15) is 10.1 Å². The van der Waals surface area contributed by atoms with E-state index < -0.39 is 5.41 Å². The first-order valence-electron chi connectivity index (χ1n) is 6.36. The van der Waals surface area contributed by atoms with Crippen LogP contribution < -0.4 is 0 Å². The number of carbonyl (C=O) groups is 1. The van der Waals surface area contributed by atoms with E-state index in [4.69, 9.17) is 9.15 Å². The Bertz CT molecular complexity index is 495. The summed E-state index contributed by atoms with van der Waals surface area (Å²) in [6.45, 7) is 3.27. The van der Waals surface area contributed by atoms with Crippen LogP contribution in [0.25, 0.3) is 0 Å². The number of aryl methyl sites for hydroxylation is 1. The second kappa shape index (κ2) is 5.45. The van der Waals surface area contributed by atoms with Gasteiger partial charge in [-0.2, -0.15) is 5.26 Å². The fourth-order valence-electron chi connectivity index (χ4n) is 2.36. The third-order valence-electron chi connectivity index (χ3n) is 3.69. The Morgan fingerprint density at radius 3 is 2.74 bits per heavy atom. The zero-order chi connectivity index (χ0) is 13.9. The standard InChI is InChI=1S/C14H18N2O3/c1-11-12(3-6-19-11)9-16(2)13(17)14(10-15)4-7-18-8-5-14/h3,6H,4-5,7-9H2,1-2H3. The summed E-state index contributed by atoms with van der Waals surface area (Å²) in [7, 11) is 1.73. The van der Waals surface area contributed by atoms with Crippen molar-refractivity contribution in [1.29, 1.82) is 5.26 Å². The lowest BCUT2D eigenvalue weighted by Gasteiger charge is -2.33.